The fraction of sp³-hybridized carbons (Fsp3) is 0.364. The van der Waals surface area contributed by atoms with Crippen LogP contribution in [0.5, 0.6) is 0 Å². The molecule has 1 atom stereocenters. The van der Waals surface area contributed by atoms with Crippen molar-refractivity contribution in [1.82, 2.24) is 14.3 Å². The summed E-state index contributed by atoms with van der Waals surface area (Å²) >= 11 is 0. The number of carbonyl (C=O) groups is 1. The van der Waals surface area contributed by atoms with E-state index in [2.05, 4.69) is 10.3 Å². The number of hydrogen-bond acceptors (Lipinski definition) is 5. The highest BCUT2D eigenvalue weighted by molar-refractivity contribution is 5.71. The van der Waals surface area contributed by atoms with Crippen LogP contribution in [-0.4, -0.2) is 60.3 Å². The molecule has 1 saturated heterocycles. The molecule has 0 radical (unpaired) electrons. The minimum atomic E-state index is -4.62. The second-order valence-electron chi connectivity index (χ2n) is 7.73. The highest BCUT2D eigenvalue weighted by atomic mass is 19.4. The number of ether oxygens (including phenoxy) is 2. The third kappa shape index (κ3) is 4.49. The van der Waals surface area contributed by atoms with E-state index in [4.69, 9.17) is 9.47 Å². The lowest BCUT2D eigenvalue weighted by Crippen LogP contribution is -2.46. The first-order valence-electron chi connectivity index (χ1n) is 10.3. The standard InChI is InChI=1S/C22H21F5N4O3/c1-28-13-8-15(23)19(16(24)9-13)20-17(10-14-11-30(5-6-34-14)21(32)33-2)31-4-3-12(22(25,26)27)7-18(31)29-20/h3-4,7-9,14,28H,5-6,10-11H2,1-2H3/t14-/m0/s1. The maximum absolute atomic E-state index is 14.9. The molecule has 1 fully saturated rings. The Morgan fingerprint density at radius 2 is 1.97 bits per heavy atom. The molecule has 4 rings (SSSR count). The number of nitrogens with zero attached hydrogens (tertiary/aromatic N) is 3. The van der Waals surface area contributed by atoms with Crippen LogP contribution >= 0.6 is 0 Å². The summed E-state index contributed by atoms with van der Waals surface area (Å²) in [5.74, 6) is -1.85. The van der Waals surface area contributed by atoms with E-state index in [9.17, 15) is 26.7 Å². The molecule has 0 aliphatic carbocycles. The van der Waals surface area contributed by atoms with Crippen LogP contribution in [-0.2, 0) is 22.1 Å². The Balaban J connectivity index is 1.83. The van der Waals surface area contributed by atoms with Gasteiger partial charge in [-0.05, 0) is 24.3 Å². The van der Waals surface area contributed by atoms with E-state index in [1.807, 2.05) is 0 Å². The van der Waals surface area contributed by atoms with Crippen molar-refractivity contribution >= 4 is 17.4 Å². The molecular formula is C22H21F5N4O3. The Labute approximate surface area is 191 Å². The van der Waals surface area contributed by atoms with E-state index >= 15 is 0 Å². The van der Waals surface area contributed by atoms with E-state index in [0.717, 1.165) is 30.5 Å². The summed E-state index contributed by atoms with van der Waals surface area (Å²) in [6, 6.07) is 3.82. The zero-order valence-electron chi connectivity index (χ0n) is 18.2. The number of methoxy groups -OCH3 is 1. The van der Waals surface area contributed by atoms with Gasteiger partial charge in [0.15, 0.2) is 0 Å². The number of benzene rings is 1. The summed E-state index contributed by atoms with van der Waals surface area (Å²) < 4.78 is 81.4. The quantitative estimate of drug-likeness (QED) is 0.558. The van der Waals surface area contributed by atoms with Gasteiger partial charge < -0.3 is 24.1 Å². The predicted octanol–water partition coefficient (Wildman–Crippen LogP) is 4.35. The van der Waals surface area contributed by atoms with Gasteiger partial charge in [0.1, 0.15) is 17.3 Å². The lowest BCUT2D eigenvalue weighted by atomic mass is 10.0. The molecule has 34 heavy (non-hydrogen) atoms. The average Bonchev–Trinajstić information content (AvgIpc) is 3.14. The van der Waals surface area contributed by atoms with Crippen molar-refractivity contribution in [2.24, 2.45) is 0 Å². The fourth-order valence-corrected chi connectivity index (χ4v) is 3.96. The van der Waals surface area contributed by atoms with Crippen LogP contribution in [0.15, 0.2) is 30.5 Å². The third-order valence-electron chi connectivity index (χ3n) is 5.61. The summed E-state index contributed by atoms with van der Waals surface area (Å²) in [6.45, 7) is 0.625. The van der Waals surface area contributed by atoms with Gasteiger partial charge >= 0.3 is 12.3 Å². The van der Waals surface area contributed by atoms with E-state index in [0.29, 0.717) is 6.54 Å². The molecule has 1 N–H and O–H groups in total. The highest BCUT2D eigenvalue weighted by Gasteiger charge is 2.33. The number of anilines is 1. The molecule has 1 amide bonds. The van der Waals surface area contributed by atoms with Gasteiger partial charge in [-0.15, -0.1) is 0 Å². The van der Waals surface area contributed by atoms with Gasteiger partial charge in [0.2, 0.25) is 0 Å². The maximum atomic E-state index is 14.9. The van der Waals surface area contributed by atoms with Crippen molar-refractivity contribution < 1.29 is 36.2 Å². The number of halogens is 5. The van der Waals surface area contributed by atoms with E-state index in [1.165, 1.54) is 23.5 Å². The molecule has 1 aliphatic rings. The number of amides is 1. The Kier molecular flexibility index (Phi) is 6.34. The summed E-state index contributed by atoms with van der Waals surface area (Å²) in [7, 11) is 2.74. The second-order valence-corrected chi connectivity index (χ2v) is 7.73. The summed E-state index contributed by atoms with van der Waals surface area (Å²) in [5, 5.41) is 2.64. The smallest absolute Gasteiger partial charge is 0.416 e. The first-order valence-corrected chi connectivity index (χ1v) is 10.3. The Bertz CT molecular complexity index is 1200. The van der Waals surface area contributed by atoms with Crippen molar-refractivity contribution in [3.63, 3.8) is 0 Å². The first kappa shape index (κ1) is 23.7. The second kappa shape index (κ2) is 9.09. The number of rotatable bonds is 4. The van der Waals surface area contributed by atoms with E-state index < -0.39 is 41.1 Å². The average molecular weight is 484 g/mol. The van der Waals surface area contributed by atoms with Gasteiger partial charge in [0, 0.05) is 31.9 Å². The zero-order valence-corrected chi connectivity index (χ0v) is 18.2. The lowest BCUT2D eigenvalue weighted by Gasteiger charge is -2.32. The van der Waals surface area contributed by atoms with Crippen molar-refractivity contribution in [3.8, 4) is 11.3 Å². The molecule has 1 aliphatic heterocycles. The number of morpholine rings is 1. The number of alkyl halides is 3. The molecule has 0 saturated carbocycles. The molecule has 3 heterocycles. The number of nitrogens with one attached hydrogen (secondary N) is 1. The number of pyridine rings is 1. The van der Waals surface area contributed by atoms with Gasteiger partial charge in [-0.1, -0.05) is 0 Å². The van der Waals surface area contributed by atoms with Crippen LogP contribution in [0.4, 0.5) is 32.4 Å². The van der Waals surface area contributed by atoms with Gasteiger partial charge in [-0.2, -0.15) is 13.2 Å². The number of hydrogen-bond donors (Lipinski definition) is 1. The maximum Gasteiger partial charge on any atom is 0.416 e. The Hall–Kier alpha value is -3.41. The molecule has 0 bridgehead atoms. The highest BCUT2D eigenvalue weighted by Crippen LogP contribution is 2.35. The predicted molar refractivity (Wildman–Crippen MR) is 113 cm³/mol. The normalized spacial score (nSPS) is 16.7. The zero-order chi connectivity index (χ0) is 24.6. The van der Waals surface area contributed by atoms with Crippen molar-refractivity contribution in [1.29, 1.82) is 0 Å². The van der Waals surface area contributed by atoms with Crippen molar-refractivity contribution in [2.45, 2.75) is 18.7 Å². The Morgan fingerprint density at radius 1 is 1.26 bits per heavy atom. The monoisotopic (exact) mass is 484 g/mol. The van der Waals surface area contributed by atoms with Crippen LogP contribution in [0.3, 0.4) is 0 Å². The fourth-order valence-electron chi connectivity index (χ4n) is 3.96. The molecule has 0 spiro atoms. The van der Waals surface area contributed by atoms with Crippen LogP contribution < -0.4 is 5.32 Å². The minimum Gasteiger partial charge on any atom is -0.453 e. The van der Waals surface area contributed by atoms with Gasteiger partial charge in [-0.25, -0.2) is 18.6 Å². The number of fused-ring (bicyclic) bond motifs is 1. The number of imidazole rings is 1. The molecule has 182 valence electrons. The topological polar surface area (TPSA) is 68.1 Å². The van der Waals surface area contributed by atoms with Crippen molar-refractivity contribution in [2.75, 3.05) is 39.2 Å². The molecule has 2 aromatic heterocycles. The molecule has 12 heteroatoms. The first-order chi connectivity index (χ1) is 16.1. The minimum absolute atomic E-state index is 0.0298. The molecule has 0 unspecified atom stereocenters. The largest absolute Gasteiger partial charge is 0.453 e. The van der Waals surface area contributed by atoms with Gasteiger partial charge in [0.05, 0.1) is 48.9 Å². The van der Waals surface area contributed by atoms with E-state index in [1.54, 1.807) is 0 Å². The molecule has 7 nitrogen and oxygen atoms in total. The number of carbonyl (C=O) groups excluding carboxylic acids is 1. The lowest BCUT2D eigenvalue weighted by molar-refractivity contribution is -0.137. The summed E-state index contributed by atoms with van der Waals surface area (Å²) in [6.07, 6.45) is -4.59. The van der Waals surface area contributed by atoms with E-state index in [-0.39, 0.29) is 42.3 Å². The van der Waals surface area contributed by atoms with Gasteiger partial charge in [-0.3, -0.25) is 0 Å². The molecule has 1 aromatic carbocycles. The number of aromatic nitrogens is 2. The molecule has 3 aromatic rings. The summed E-state index contributed by atoms with van der Waals surface area (Å²) in [4.78, 5) is 17.5. The van der Waals surface area contributed by atoms with Crippen LogP contribution in [0.1, 0.15) is 11.3 Å². The third-order valence-corrected chi connectivity index (χ3v) is 5.61. The Morgan fingerprint density at radius 3 is 2.59 bits per heavy atom. The van der Waals surface area contributed by atoms with Crippen molar-refractivity contribution in [3.05, 3.63) is 53.4 Å². The SMILES string of the molecule is CNc1cc(F)c(-c2nc3cc(C(F)(F)F)ccn3c2C[C@H]2CN(C(=O)OC)CCO2)c(F)c1. The molecular weight excluding hydrogens is 463 g/mol. The summed E-state index contributed by atoms with van der Waals surface area (Å²) in [5.41, 5.74) is -1.25. The van der Waals surface area contributed by atoms with Crippen LogP contribution in [0.25, 0.3) is 16.9 Å². The van der Waals surface area contributed by atoms with Crippen LogP contribution in [0.2, 0.25) is 0 Å². The van der Waals surface area contributed by atoms with Gasteiger partial charge in [0.25, 0.3) is 0 Å². The van der Waals surface area contributed by atoms with Crippen LogP contribution in [0, 0.1) is 11.6 Å².